The minimum atomic E-state index is -0.0988. The van der Waals surface area contributed by atoms with Crippen molar-refractivity contribution in [2.24, 2.45) is 5.73 Å². The number of amides is 1. The van der Waals surface area contributed by atoms with Crippen LogP contribution in [0.1, 0.15) is 45.4 Å². The summed E-state index contributed by atoms with van der Waals surface area (Å²) in [6.07, 6.45) is 1.11. The number of nitrogens with one attached hydrogen (secondary N) is 1. The highest BCUT2D eigenvalue weighted by Crippen LogP contribution is 2.23. The topological polar surface area (TPSA) is 81.2 Å². The summed E-state index contributed by atoms with van der Waals surface area (Å²) < 4.78 is 5.63. The van der Waals surface area contributed by atoms with Gasteiger partial charge in [-0.15, -0.1) is 0 Å². The van der Waals surface area contributed by atoms with Gasteiger partial charge in [-0.2, -0.15) is 0 Å². The van der Waals surface area contributed by atoms with E-state index in [1.165, 1.54) is 0 Å². The van der Waals surface area contributed by atoms with Crippen molar-refractivity contribution in [1.29, 1.82) is 0 Å². The highest BCUT2D eigenvalue weighted by Gasteiger charge is 2.11. The zero-order valence-corrected chi connectivity index (χ0v) is 12.1. The maximum Gasteiger partial charge on any atom is 0.225 e. The number of anilines is 1. The Kier molecular flexibility index (Phi) is 4.39. The Morgan fingerprint density at radius 1 is 1.45 bits per heavy atom. The number of benzene rings is 1. The van der Waals surface area contributed by atoms with Crippen LogP contribution in [0.4, 0.5) is 5.69 Å². The normalized spacial score (nSPS) is 12.8. The number of fused-ring (bicyclic) bond motifs is 1. The van der Waals surface area contributed by atoms with Gasteiger partial charge in [0.25, 0.3) is 0 Å². The second-order valence-electron chi connectivity index (χ2n) is 5.31. The number of rotatable bonds is 5. The molecule has 5 nitrogen and oxygen atoms in total. The standard InChI is InChI=1S/C15H21N3O2/c1-4-10(16)7-14(19)17-11-5-6-13-12(8-11)18-15(20-13)9(2)3/h5-6,8-10H,4,7,16H2,1-3H3,(H,17,19). The highest BCUT2D eigenvalue weighted by atomic mass is 16.3. The van der Waals surface area contributed by atoms with E-state index in [4.69, 9.17) is 10.2 Å². The minimum Gasteiger partial charge on any atom is -0.440 e. The van der Waals surface area contributed by atoms with E-state index in [0.29, 0.717) is 12.3 Å². The summed E-state index contributed by atoms with van der Waals surface area (Å²) in [6, 6.07) is 5.36. The van der Waals surface area contributed by atoms with Crippen molar-refractivity contribution in [3.8, 4) is 0 Å². The molecule has 0 bridgehead atoms. The van der Waals surface area contributed by atoms with Gasteiger partial charge in [0.1, 0.15) is 5.52 Å². The third-order valence-electron chi connectivity index (χ3n) is 3.15. The molecule has 0 aliphatic carbocycles. The molecular weight excluding hydrogens is 254 g/mol. The van der Waals surface area contributed by atoms with E-state index in [9.17, 15) is 4.79 Å². The summed E-state index contributed by atoms with van der Waals surface area (Å²) >= 11 is 0. The van der Waals surface area contributed by atoms with Gasteiger partial charge in [0.2, 0.25) is 5.91 Å². The van der Waals surface area contributed by atoms with Gasteiger partial charge in [-0.1, -0.05) is 20.8 Å². The molecule has 2 rings (SSSR count). The summed E-state index contributed by atoms with van der Waals surface area (Å²) in [6.45, 7) is 6.02. The zero-order chi connectivity index (χ0) is 14.7. The molecule has 3 N–H and O–H groups in total. The van der Waals surface area contributed by atoms with Crippen LogP contribution in [-0.2, 0) is 4.79 Å². The lowest BCUT2D eigenvalue weighted by Gasteiger charge is -2.09. The predicted molar refractivity (Wildman–Crippen MR) is 79.6 cm³/mol. The van der Waals surface area contributed by atoms with Gasteiger partial charge in [0.05, 0.1) is 0 Å². The Hall–Kier alpha value is -1.88. The first-order valence-corrected chi connectivity index (χ1v) is 6.95. The fourth-order valence-corrected chi connectivity index (χ4v) is 1.86. The van der Waals surface area contributed by atoms with Crippen LogP contribution in [0.15, 0.2) is 22.6 Å². The largest absolute Gasteiger partial charge is 0.440 e. The Balaban J connectivity index is 2.13. The summed E-state index contributed by atoms with van der Waals surface area (Å²) in [5.74, 6) is 0.866. The van der Waals surface area contributed by atoms with Gasteiger partial charge in [0, 0.05) is 24.1 Å². The van der Waals surface area contributed by atoms with Crippen LogP contribution in [0, 0.1) is 0 Å². The van der Waals surface area contributed by atoms with Crippen molar-refractivity contribution in [3.05, 3.63) is 24.1 Å². The van der Waals surface area contributed by atoms with Gasteiger partial charge < -0.3 is 15.5 Å². The maximum absolute atomic E-state index is 11.8. The second-order valence-corrected chi connectivity index (χ2v) is 5.31. The van der Waals surface area contributed by atoms with Gasteiger partial charge in [-0.05, 0) is 24.6 Å². The molecule has 0 saturated carbocycles. The molecule has 1 amide bonds. The molecule has 108 valence electrons. The smallest absolute Gasteiger partial charge is 0.225 e. The van der Waals surface area contributed by atoms with Gasteiger partial charge in [0.15, 0.2) is 11.5 Å². The molecule has 1 heterocycles. The molecule has 1 atom stereocenters. The third kappa shape index (κ3) is 3.36. The second kappa shape index (κ2) is 6.05. The molecule has 1 aromatic carbocycles. The Morgan fingerprint density at radius 2 is 2.20 bits per heavy atom. The number of hydrogen-bond acceptors (Lipinski definition) is 4. The first-order chi connectivity index (χ1) is 9.49. The summed E-state index contributed by atoms with van der Waals surface area (Å²) in [7, 11) is 0. The van der Waals surface area contributed by atoms with Crippen LogP contribution < -0.4 is 11.1 Å². The molecule has 0 aliphatic heterocycles. The number of hydrogen-bond donors (Lipinski definition) is 2. The third-order valence-corrected chi connectivity index (χ3v) is 3.15. The maximum atomic E-state index is 11.8. The number of aromatic nitrogens is 1. The number of oxazole rings is 1. The molecule has 1 aromatic heterocycles. The van der Waals surface area contributed by atoms with Crippen LogP contribution in [-0.4, -0.2) is 16.9 Å². The first kappa shape index (κ1) is 14.5. The molecule has 0 radical (unpaired) electrons. The van der Waals surface area contributed by atoms with E-state index in [1.54, 1.807) is 0 Å². The van der Waals surface area contributed by atoms with E-state index < -0.39 is 0 Å². The quantitative estimate of drug-likeness (QED) is 0.878. The van der Waals surface area contributed by atoms with E-state index in [0.717, 1.165) is 23.2 Å². The van der Waals surface area contributed by atoms with E-state index >= 15 is 0 Å². The zero-order valence-electron chi connectivity index (χ0n) is 12.1. The number of carbonyl (C=O) groups excluding carboxylic acids is 1. The van der Waals surface area contributed by atoms with Gasteiger partial charge in [-0.3, -0.25) is 4.79 Å². The average Bonchev–Trinajstić information content (AvgIpc) is 2.81. The van der Waals surface area contributed by atoms with E-state index in [-0.39, 0.29) is 17.9 Å². The lowest BCUT2D eigenvalue weighted by Crippen LogP contribution is -2.26. The van der Waals surface area contributed by atoms with E-state index in [1.807, 2.05) is 39.0 Å². The fraction of sp³-hybridized carbons (Fsp3) is 0.467. The minimum absolute atomic E-state index is 0.0775. The summed E-state index contributed by atoms with van der Waals surface area (Å²) in [5.41, 5.74) is 7.97. The number of carbonyl (C=O) groups is 1. The fourth-order valence-electron chi connectivity index (χ4n) is 1.86. The molecule has 2 aromatic rings. The van der Waals surface area contributed by atoms with E-state index in [2.05, 4.69) is 10.3 Å². The number of nitrogens with zero attached hydrogens (tertiary/aromatic N) is 1. The SMILES string of the molecule is CCC(N)CC(=O)Nc1ccc2oc(C(C)C)nc2c1. The highest BCUT2D eigenvalue weighted by molar-refractivity contribution is 5.93. The van der Waals surface area contributed by atoms with Crippen LogP contribution >= 0.6 is 0 Å². The van der Waals surface area contributed by atoms with Crippen molar-refractivity contribution < 1.29 is 9.21 Å². The van der Waals surface area contributed by atoms with Crippen LogP contribution in [0.25, 0.3) is 11.1 Å². The Labute approximate surface area is 118 Å². The molecule has 0 saturated heterocycles. The van der Waals surface area contributed by atoms with Gasteiger partial charge >= 0.3 is 0 Å². The lowest BCUT2D eigenvalue weighted by atomic mass is 10.1. The predicted octanol–water partition coefficient (Wildman–Crippen LogP) is 3.02. The molecule has 0 fully saturated rings. The Bertz CT molecular complexity index is 604. The molecular formula is C15H21N3O2. The number of nitrogens with two attached hydrogens (primary N) is 1. The van der Waals surface area contributed by atoms with Crippen molar-refractivity contribution in [2.45, 2.75) is 45.6 Å². The molecule has 0 spiro atoms. The van der Waals surface area contributed by atoms with Crippen molar-refractivity contribution in [3.63, 3.8) is 0 Å². The molecule has 5 heteroatoms. The summed E-state index contributed by atoms with van der Waals surface area (Å²) in [4.78, 5) is 16.2. The van der Waals surface area contributed by atoms with Crippen LogP contribution in [0.5, 0.6) is 0 Å². The monoisotopic (exact) mass is 275 g/mol. The van der Waals surface area contributed by atoms with Crippen molar-refractivity contribution >= 4 is 22.7 Å². The van der Waals surface area contributed by atoms with Crippen LogP contribution in [0.2, 0.25) is 0 Å². The molecule has 1 unspecified atom stereocenters. The van der Waals surface area contributed by atoms with Gasteiger partial charge in [-0.25, -0.2) is 4.98 Å². The van der Waals surface area contributed by atoms with Crippen LogP contribution in [0.3, 0.4) is 0 Å². The molecule has 20 heavy (non-hydrogen) atoms. The lowest BCUT2D eigenvalue weighted by molar-refractivity contribution is -0.116. The first-order valence-electron chi connectivity index (χ1n) is 6.95. The van der Waals surface area contributed by atoms with Crippen molar-refractivity contribution in [1.82, 2.24) is 4.98 Å². The van der Waals surface area contributed by atoms with Crippen molar-refractivity contribution in [2.75, 3.05) is 5.32 Å². The summed E-state index contributed by atoms with van der Waals surface area (Å²) in [5, 5.41) is 2.84. The molecule has 0 aliphatic rings. The average molecular weight is 275 g/mol. The Morgan fingerprint density at radius 3 is 2.85 bits per heavy atom.